The zero-order valence-corrected chi connectivity index (χ0v) is 12.6. The Morgan fingerprint density at radius 3 is 3.11 bits per heavy atom. The monoisotopic (exact) mass is 324 g/mol. The van der Waals surface area contributed by atoms with Crippen molar-refractivity contribution in [3.05, 3.63) is 34.2 Å². The van der Waals surface area contributed by atoms with E-state index in [9.17, 15) is 0 Å². The Morgan fingerprint density at radius 1 is 1.53 bits per heavy atom. The van der Waals surface area contributed by atoms with Crippen molar-refractivity contribution in [2.75, 3.05) is 0 Å². The maximum atomic E-state index is 5.59. The number of furan rings is 1. The van der Waals surface area contributed by atoms with Gasteiger partial charge >= 0.3 is 0 Å². The molecule has 3 heterocycles. The second kappa shape index (κ2) is 5.09. The summed E-state index contributed by atoms with van der Waals surface area (Å²) >= 11 is 3.33. The van der Waals surface area contributed by atoms with Gasteiger partial charge in [0.05, 0.1) is 12.1 Å². The summed E-state index contributed by atoms with van der Waals surface area (Å²) < 4.78 is 8.37. The number of halogens is 1. The summed E-state index contributed by atoms with van der Waals surface area (Å²) in [6, 6.07) is 4.30. The van der Waals surface area contributed by atoms with Crippen molar-refractivity contribution in [3.63, 3.8) is 0 Å². The molecule has 2 aromatic heterocycles. The van der Waals surface area contributed by atoms with Crippen LogP contribution < -0.4 is 5.32 Å². The molecule has 0 aliphatic carbocycles. The summed E-state index contributed by atoms with van der Waals surface area (Å²) in [5, 5.41) is 8.00. The van der Waals surface area contributed by atoms with E-state index in [1.54, 1.807) is 0 Å². The molecule has 0 aromatic carbocycles. The van der Waals surface area contributed by atoms with Gasteiger partial charge in [-0.05, 0) is 54.8 Å². The third kappa shape index (κ3) is 2.60. The second-order valence-corrected chi connectivity index (χ2v) is 5.75. The maximum absolute atomic E-state index is 5.59. The zero-order chi connectivity index (χ0) is 13.4. The molecule has 0 fully saturated rings. The van der Waals surface area contributed by atoms with Gasteiger partial charge in [0, 0.05) is 6.54 Å². The topological polar surface area (TPSA) is 55.9 Å². The fraction of sp³-hybridized carbons (Fsp3) is 0.538. The van der Waals surface area contributed by atoms with Crippen molar-refractivity contribution in [2.45, 2.75) is 45.3 Å². The fourth-order valence-corrected chi connectivity index (χ4v) is 2.89. The Balaban J connectivity index is 1.77. The summed E-state index contributed by atoms with van der Waals surface area (Å²) in [5.41, 5.74) is 0. The minimum Gasteiger partial charge on any atom is -0.453 e. The average molecular weight is 325 g/mol. The van der Waals surface area contributed by atoms with E-state index in [-0.39, 0.29) is 12.1 Å². The average Bonchev–Trinajstić information content (AvgIpc) is 2.95. The number of nitrogens with zero attached hydrogens (tertiary/aromatic N) is 3. The Labute approximate surface area is 120 Å². The van der Waals surface area contributed by atoms with Crippen LogP contribution in [0.5, 0.6) is 0 Å². The van der Waals surface area contributed by atoms with Gasteiger partial charge in [0.2, 0.25) is 0 Å². The lowest BCUT2D eigenvalue weighted by atomic mass is 10.1. The number of fused-ring (bicyclic) bond motifs is 1. The summed E-state index contributed by atoms with van der Waals surface area (Å²) in [6.07, 6.45) is 2.21. The highest BCUT2D eigenvalue weighted by Crippen LogP contribution is 2.27. The molecule has 1 N–H and O–H groups in total. The van der Waals surface area contributed by atoms with Crippen LogP contribution in [0.15, 0.2) is 21.2 Å². The summed E-state index contributed by atoms with van der Waals surface area (Å²) in [5.74, 6) is 2.82. The normalized spacial score (nSPS) is 20.3. The molecular formula is C13H17BrN4O. The lowest BCUT2D eigenvalue weighted by Crippen LogP contribution is -2.30. The van der Waals surface area contributed by atoms with Gasteiger partial charge in [-0.1, -0.05) is 0 Å². The van der Waals surface area contributed by atoms with Gasteiger partial charge in [0.15, 0.2) is 4.67 Å². The molecule has 0 radical (unpaired) electrons. The standard InChI is InChI=1S/C13H17BrN4O/c1-8(11-5-6-12(14)19-11)15-10-4-3-7-18-13(10)16-9(2)17-18/h5-6,8,10,15H,3-4,7H2,1-2H3/t8-,10+/m1/s1. The quantitative estimate of drug-likeness (QED) is 0.942. The zero-order valence-electron chi connectivity index (χ0n) is 11.1. The van der Waals surface area contributed by atoms with Crippen LogP contribution in [-0.2, 0) is 6.54 Å². The minimum atomic E-state index is 0.153. The largest absolute Gasteiger partial charge is 0.453 e. The third-order valence-electron chi connectivity index (χ3n) is 3.45. The first-order valence-corrected chi connectivity index (χ1v) is 7.35. The van der Waals surface area contributed by atoms with Crippen LogP contribution >= 0.6 is 15.9 Å². The van der Waals surface area contributed by atoms with E-state index < -0.39 is 0 Å². The molecule has 2 aromatic rings. The second-order valence-electron chi connectivity index (χ2n) is 4.97. The van der Waals surface area contributed by atoms with Gasteiger partial charge in [0.1, 0.15) is 17.4 Å². The molecule has 1 aliphatic rings. The smallest absolute Gasteiger partial charge is 0.169 e. The van der Waals surface area contributed by atoms with Gasteiger partial charge < -0.3 is 4.42 Å². The van der Waals surface area contributed by atoms with Crippen LogP contribution in [0.3, 0.4) is 0 Å². The molecule has 19 heavy (non-hydrogen) atoms. The lowest BCUT2D eigenvalue weighted by Gasteiger charge is -2.25. The molecule has 0 amide bonds. The fourth-order valence-electron chi connectivity index (χ4n) is 2.57. The van der Waals surface area contributed by atoms with Gasteiger partial charge in [0.25, 0.3) is 0 Å². The predicted molar refractivity (Wildman–Crippen MR) is 74.7 cm³/mol. The van der Waals surface area contributed by atoms with Gasteiger partial charge in [-0.25, -0.2) is 9.67 Å². The van der Waals surface area contributed by atoms with E-state index in [2.05, 4.69) is 38.3 Å². The highest BCUT2D eigenvalue weighted by molar-refractivity contribution is 9.10. The van der Waals surface area contributed by atoms with Crippen LogP contribution in [0.4, 0.5) is 0 Å². The van der Waals surface area contributed by atoms with E-state index in [0.29, 0.717) is 0 Å². The van der Waals surface area contributed by atoms with Crippen molar-refractivity contribution < 1.29 is 4.42 Å². The predicted octanol–water partition coefficient (Wildman–Crippen LogP) is 3.13. The maximum Gasteiger partial charge on any atom is 0.169 e. The van der Waals surface area contributed by atoms with Crippen LogP contribution in [-0.4, -0.2) is 14.8 Å². The van der Waals surface area contributed by atoms with Crippen molar-refractivity contribution >= 4 is 15.9 Å². The van der Waals surface area contributed by atoms with E-state index in [0.717, 1.165) is 41.5 Å². The lowest BCUT2D eigenvalue weighted by molar-refractivity contribution is 0.320. The first-order valence-electron chi connectivity index (χ1n) is 6.56. The Hall–Kier alpha value is -1.14. The summed E-state index contributed by atoms with van der Waals surface area (Å²) in [7, 11) is 0. The first kappa shape index (κ1) is 12.9. The molecule has 5 nitrogen and oxygen atoms in total. The minimum absolute atomic E-state index is 0.153. The van der Waals surface area contributed by atoms with Gasteiger partial charge in [-0.2, -0.15) is 5.10 Å². The molecule has 1 aliphatic heterocycles. The molecule has 2 atom stereocenters. The van der Waals surface area contributed by atoms with Crippen LogP contribution in [0.2, 0.25) is 0 Å². The molecule has 0 saturated heterocycles. The molecule has 3 rings (SSSR count). The number of rotatable bonds is 3. The number of nitrogens with one attached hydrogen (secondary N) is 1. The van der Waals surface area contributed by atoms with Crippen molar-refractivity contribution in [1.29, 1.82) is 0 Å². The number of hydrogen-bond acceptors (Lipinski definition) is 4. The number of aryl methyl sites for hydroxylation is 2. The third-order valence-corrected chi connectivity index (χ3v) is 3.88. The van der Waals surface area contributed by atoms with Crippen LogP contribution in [0, 0.1) is 6.92 Å². The molecule has 0 bridgehead atoms. The van der Waals surface area contributed by atoms with E-state index in [4.69, 9.17) is 4.42 Å². The van der Waals surface area contributed by atoms with Crippen molar-refractivity contribution in [1.82, 2.24) is 20.1 Å². The molecule has 0 unspecified atom stereocenters. The molecule has 102 valence electrons. The van der Waals surface area contributed by atoms with Crippen molar-refractivity contribution in [2.24, 2.45) is 0 Å². The SMILES string of the molecule is Cc1nc2n(n1)CCC[C@@H]2N[C@H](C)c1ccc(Br)o1. The number of hydrogen-bond donors (Lipinski definition) is 1. The molecule has 0 spiro atoms. The summed E-state index contributed by atoms with van der Waals surface area (Å²) in [4.78, 5) is 4.53. The Bertz CT molecular complexity index is 577. The van der Waals surface area contributed by atoms with E-state index >= 15 is 0 Å². The van der Waals surface area contributed by atoms with Crippen LogP contribution in [0.25, 0.3) is 0 Å². The Kier molecular flexibility index (Phi) is 3.45. The van der Waals surface area contributed by atoms with Gasteiger partial charge in [-0.3, -0.25) is 5.32 Å². The number of aromatic nitrogens is 3. The van der Waals surface area contributed by atoms with E-state index in [1.807, 2.05) is 23.7 Å². The highest BCUT2D eigenvalue weighted by Gasteiger charge is 2.25. The van der Waals surface area contributed by atoms with Gasteiger partial charge in [-0.15, -0.1) is 0 Å². The van der Waals surface area contributed by atoms with Crippen LogP contribution in [0.1, 0.15) is 49.3 Å². The summed E-state index contributed by atoms with van der Waals surface area (Å²) in [6.45, 7) is 5.01. The van der Waals surface area contributed by atoms with E-state index in [1.165, 1.54) is 0 Å². The Morgan fingerprint density at radius 2 is 2.37 bits per heavy atom. The molecular weight excluding hydrogens is 308 g/mol. The molecule has 6 heteroatoms. The van der Waals surface area contributed by atoms with Crippen molar-refractivity contribution in [3.8, 4) is 0 Å². The first-order chi connectivity index (χ1) is 9.13. The highest BCUT2D eigenvalue weighted by atomic mass is 79.9. The molecule has 0 saturated carbocycles.